The van der Waals surface area contributed by atoms with E-state index in [1.165, 1.54) is 22.9 Å². The maximum atomic E-state index is 12.8. The summed E-state index contributed by atoms with van der Waals surface area (Å²) in [5.41, 5.74) is 6.12. The second-order valence-electron chi connectivity index (χ2n) is 10.6. The lowest BCUT2D eigenvalue weighted by atomic mass is 9.86. The fraction of sp³-hybridized carbons (Fsp3) is 0.464. The normalized spacial score (nSPS) is 18.1. The maximum absolute atomic E-state index is 12.8. The Labute approximate surface area is 208 Å². The Bertz CT molecular complexity index is 1120. The zero-order chi connectivity index (χ0) is 24.5. The number of piperidine rings is 1. The summed E-state index contributed by atoms with van der Waals surface area (Å²) in [6, 6.07) is 14.8. The Balaban J connectivity index is 1.53. The molecule has 0 aromatic heterocycles. The van der Waals surface area contributed by atoms with Gasteiger partial charge in [0.2, 0.25) is 5.91 Å². The lowest BCUT2D eigenvalue weighted by Gasteiger charge is -2.33. The number of hydrogen-bond donors (Lipinski definition) is 1. The molecule has 0 aliphatic carbocycles. The molecule has 1 spiro atoms. The Hall–Kier alpha value is -2.44. The van der Waals surface area contributed by atoms with Crippen LogP contribution in [0.4, 0.5) is 5.69 Å². The molecule has 180 valence electrons. The first kappa shape index (κ1) is 24.7. The highest BCUT2D eigenvalue weighted by molar-refractivity contribution is 8.16. The minimum Gasteiger partial charge on any atom is -0.325 e. The van der Waals surface area contributed by atoms with Gasteiger partial charge in [0.15, 0.2) is 5.66 Å². The molecule has 0 radical (unpaired) electrons. The van der Waals surface area contributed by atoms with E-state index in [9.17, 15) is 4.79 Å². The zero-order valence-electron chi connectivity index (χ0n) is 21.2. The number of aliphatic imine (C=N–C) groups is 2. The first-order valence-electron chi connectivity index (χ1n) is 12.0. The summed E-state index contributed by atoms with van der Waals surface area (Å²) in [7, 11) is 2.15. The number of hydrogen-bond acceptors (Lipinski definition) is 5. The monoisotopic (exact) mass is 476 g/mol. The maximum Gasteiger partial charge on any atom is 0.234 e. The van der Waals surface area contributed by atoms with Gasteiger partial charge in [0, 0.05) is 37.2 Å². The van der Waals surface area contributed by atoms with Gasteiger partial charge in [-0.15, -0.1) is 0 Å². The molecular formula is C28H36N4OS. The van der Waals surface area contributed by atoms with Crippen LogP contribution in [0.15, 0.2) is 52.4 Å². The van der Waals surface area contributed by atoms with Crippen LogP contribution in [0.5, 0.6) is 0 Å². The molecule has 1 fully saturated rings. The second-order valence-corrected chi connectivity index (χ2v) is 11.6. The van der Waals surface area contributed by atoms with Gasteiger partial charge < -0.3 is 10.2 Å². The standard InChI is InChI=1S/C28H36N4OS/c1-19-7-12-23(20(2)17-19)29-24(33)18-34-26-25(21-8-10-22(11-9-21)27(3,4)5)30-28(31-26)13-15-32(6)16-14-28/h7-12,17H,13-16,18H2,1-6H3,(H,29,33). The lowest BCUT2D eigenvalue weighted by molar-refractivity contribution is -0.113. The molecule has 5 nitrogen and oxygen atoms in total. The molecule has 2 aromatic rings. The van der Waals surface area contributed by atoms with Gasteiger partial charge in [-0.3, -0.25) is 9.79 Å². The van der Waals surface area contributed by atoms with Crippen LogP contribution < -0.4 is 5.32 Å². The van der Waals surface area contributed by atoms with Crippen LogP contribution in [0, 0.1) is 13.8 Å². The van der Waals surface area contributed by atoms with E-state index in [1.807, 2.05) is 19.1 Å². The Morgan fingerprint density at radius 2 is 1.74 bits per heavy atom. The smallest absolute Gasteiger partial charge is 0.234 e. The van der Waals surface area contributed by atoms with Crippen molar-refractivity contribution in [3.8, 4) is 0 Å². The van der Waals surface area contributed by atoms with Crippen LogP contribution in [-0.4, -0.2) is 53.1 Å². The van der Waals surface area contributed by atoms with Crippen LogP contribution in [0.2, 0.25) is 0 Å². The molecule has 0 bridgehead atoms. The second kappa shape index (κ2) is 9.67. The average molecular weight is 477 g/mol. The summed E-state index contributed by atoms with van der Waals surface area (Å²) >= 11 is 1.50. The highest BCUT2D eigenvalue weighted by Crippen LogP contribution is 2.35. The van der Waals surface area contributed by atoms with E-state index in [1.54, 1.807) is 0 Å². The molecule has 1 N–H and O–H groups in total. The number of nitrogens with zero attached hydrogens (tertiary/aromatic N) is 3. The highest BCUT2D eigenvalue weighted by atomic mass is 32.2. The van der Waals surface area contributed by atoms with Crippen LogP contribution in [-0.2, 0) is 10.2 Å². The zero-order valence-corrected chi connectivity index (χ0v) is 22.1. The van der Waals surface area contributed by atoms with E-state index in [4.69, 9.17) is 9.98 Å². The molecule has 6 heteroatoms. The molecular weight excluding hydrogens is 440 g/mol. The van der Waals surface area contributed by atoms with Crippen LogP contribution in [0.3, 0.4) is 0 Å². The highest BCUT2D eigenvalue weighted by Gasteiger charge is 2.39. The summed E-state index contributed by atoms with van der Waals surface area (Å²) in [5, 5.41) is 3.93. The van der Waals surface area contributed by atoms with E-state index in [-0.39, 0.29) is 11.3 Å². The SMILES string of the molecule is Cc1ccc(NC(=O)CSC2=NC3(CCN(C)CC3)N=C2c2ccc(C(C)(C)C)cc2)c(C)c1. The molecule has 2 heterocycles. The summed E-state index contributed by atoms with van der Waals surface area (Å²) in [5.74, 6) is 0.285. The molecule has 2 aromatic carbocycles. The summed E-state index contributed by atoms with van der Waals surface area (Å²) in [4.78, 5) is 25.4. The number of aryl methyl sites for hydroxylation is 2. The van der Waals surface area contributed by atoms with E-state index in [0.717, 1.165) is 53.5 Å². The molecule has 1 amide bonds. The Morgan fingerprint density at radius 3 is 2.35 bits per heavy atom. The van der Waals surface area contributed by atoms with E-state index in [0.29, 0.717) is 5.75 Å². The van der Waals surface area contributed by atoms with Crippen molar-refractivity contribution in [2.45, 2.75) is 58.5 Å². The Kier molecular flexibility index (Phi) is 7.02. The van der Waals surface area contributed by atoms with Crippen molar-refractivity contribution < 1.29 is 4.79 Å². The molecule has 2 aliphatic heterocycles. The molecule has 34 heavy (non-hydrogen) atoms. The third-order valence-electron chi connectivity index (χ3n) is 6.64. The van der Waals surface area contributed by atoms with Crippen molar-refractivity contribution >= 4 is 34.1 Å². The summed E-state index contributed by atoms with van der Waals surface area (Å²) < 4.78 is 0. The van der Waals surface area contributed by atoms with Gasteiger partial charge in [-0.25, -0.2) is 4.99 Å². The number of carbonyl (C=O) groups excluding carboxylic acids is 1. The molecule has 0 atom stereocenters. The first-order chi connectivity index (χ1) is 16.0. The lowest BCUT2D eigenvalue weighted by Crippen LogP contribution is -2.39. The van der Waals surface area contributed by atoms with E-state index < -0.39 is 5.66 Å². The number of thioether (sulfide) groups is 1. The third kappa shape index (κ3) is 5.61. The first-order valence-corrected chi connectivity index (χ1v) is 13.0. The van der Waals surface area contributed by atoms with Crippen LogP contribution >= 0.6 is 11.8 Å². The number of likely N-dealkylation sites (tertiary alicyclic amines) is 1. The van der Waals surface area contributed by atoms with Crippen LogP contribution in [0.1, 0.15) is 55.9 Å². The van der Waals surface area contributed by atoms with Crippen molar-refractivity contribution in [1.82, 2.24) is 4.90 Å². The van der Waals surface area contributed by atoms with Crippen molar-refractivity contribution in [3.63, 3.8) is 0 Å². The number of nitrogens with one attached hydrogen (secondary N) is 1. The molecule has 4 rings (SSSR count). The van der Waals surface area contributed by atoms with Crippen molar-refractivity contribution in [2.75, 3.05) is 31.2 Å². The van der Waals surface area contributed by atoms with Gasteiger partial charge in [0.05, 0.1) is 11.5 Å². The quantitative estimate of drug-likeness (QED) is 0.625. The molecule has 0 unspecified atom stereocenters. The fourth-order valence-electron chi connectivity index (χ4n) is 4.41. The minimum absolute atomic E-state index is 0.0218. The van der Waals surface area contributed by atoms with Crippen molar-refractivity contribution in [3.05, 3.63) is 64.7 Å². The van der Waals surface area contributed by atoms with Crippen LogP contribution in [0.25, 0.3) is 0 Å². The van der Waals surface area contributed by atoms with Gasteiger partial charge in [-0.1, -0.05) is 74.5 Å². The van der Waals surface area contributed by atoms with Gasteiger partial charge in [0.25, 0.3) is 0 Å². The van der Waals surface area contributed by atoms with Gasteiger partial charge in [-0.05, 0) is 43.5 Å². The molecule has 2 aliphatic rings. The average Bonchev–Trinajstić information content (AvgIpc) is 3.14. The number of benzene rings is 2. The van der Waals surface area contributed by atoms with E-state index >= 15 is 0 Å². The Morgan fingerprint density at radius 1 is 1.06 bits per heavy atom. The third-order valence-corrected chi connectivity index (χ3v) is 7.60. The van der Waals surface area contributed by atoms with Gasteiger partial charge >= 0.3 is 0 Å². The van der Waals surface area contributed by atoms with Crippen molar-refractivity contribution in [2.24, 2.45) is 9.98 Å². The minimum atomic E-state index is -0.392. The number of anilines is 1. The fourth-order valence-corrected chi connectivity index (χ4v) is 5.29. The molecule has 1 saturated heterocycles. The predicted octanol–water partition coefficient (Wildman–Crippen LogP) is 5.60. The number of amides is 1. The van der Waals surface area contributed by atoms with Gasteiger partial charge in [0.1, 0.15) is 5.04 Å². The topological polar surface area (TPSA) is 57.1 Å². The largest absolute Gasteiger partial charge is 0.325 e. The predicted molar refractivity (Wildman–Crippen MR) is 146 cm³/mol. The van der Waals surface area contributed by atoms with Crippen molar-refractivity contribution in [1.29, 1.82) is 0 Å². The van der Waals surface area contributed by atoms with E-state index in [2.05, 4.69) is 75.3 Å². The molecule has 0 saturated carbocycles. The summed E-state index contributed by atoms with van der Waals surface area (Å²) in [6.07, 6.45) is 1.82. The number of carbonyl (C=O) groups is 1. The number of rotatable bonds is 4. The van der Waals surface area contributed by atoms with Gasteiger partial charge in [-0.2, -0.15) is 0 Å². The summed E-state index contributed by atoms with van der Waals surface area (Å²) in [6.45, 7) is 12.7.